The van der Waals surface area contributed by atoms with Crippen LogP contribution >= 0.6 is 0 Å². The Labute approximate surface area is 101 Å². The molecule has 0 radical (unpaired) electrons. The van der Waals surface area contributed by atoms with Gasteiger partial charge in [-0.05, 0) is 24.6 Å². The molecule has 0 aliphatic rings. The molecule has 4 heteroatoms. The molecule has 0 fully saturated rings. The lowest BCUT2D eigenvalue weighted by atomic mass is 10.1. The van der Waals surface area contributed by atoms with Crippen LogP contribution in [0.1, 0.15) is 31.7 Å². The molecular weight excluding hydrogens is 217 g/mol. The van der Waals surface area contributed by atoms with Gasteiger partial charge < -0.3 is 11.1 Å². The summed E-state index contributed by atoms with van der Waals surface area (Å²) in [4.78, 5) is 0. The zero-order valence-corrected chi connectivity index (χ0v) is 10.0. The van der Waals surface area contributed by atoms with Gasteiger partial charge in [-0.25, -0.2) is 4.39 Å². The van der Waals surface area contributed by atoms with Crippen molar-refractivity contribution >= 4 is 5.69 Å². The lowest BCUT2D eigenvalue weighted by Crippen LogP contribution is -2.29. The predicted molar refractivity (Wildman–Crippen MR) is 67.1 cm³/mol. The van der Waals surface area contributed by atoms with E-state index in [1.54, 1.807) is 12.1 Å². The van der Waals surface area contributed by atoms with Crippen molar-refractivity contribution in [1.29, 1.82) is 5.26 Å². The fraction of sp³-hybridized carbons (Fsp3) is 0.462. The second-order valence-electron chi connectivity index (χ2n) is 4.03. The summed E-state index contributed by atoms with van der Waals surface area (Å²) in [5.74, 6) is -0.404. The number of nitrogens with one attached hydrogen (secondary N) is 1. The third-order valence-corrected chi connectivity index (χ3v) is 2.65. The van der Waals surface area contributed by atoms with Gasteiger partial charge in [-0.15, -0.1) is 0 Å². The van der Waals surface area contributed by atoms with Crippen molar-refractivity contribution < 1.29 is 4.39 Å². The van der Waals surface area contributed by atoms with E-state index in [9.17, 15) is 4.39 Å². The molecule has 92 valence electrons. The van der Waals surface area contributed by atoms with E-state index >= 15 is 0 Å². The minimum absolute atomic E-state index is 0.0809. The van der Waals surface area contributed by atoms with E-state index < -0.39 is 5.82 Å². The predicted octanol–water partition coefficient (Wildman–Crippen LogP) is 2.63. The highest BCUT2D eigenvalue weighted by molar-refractivity contribution is 5.49. The number of anilines is 1. The summed E-state index contributed by atoms with van der Waals surface area (Å²) >= 11 is 0. The zero-order valence-electron chi connectivity index (χ0n) is 10.0. The normalized spacial score (nSPS) is 11.9. The minimum Gasteiger partial charge on any atom is -0.379 e. The van der Waals surface area contributed by atoms with Gasteiger partial charge >= 0.3 is 0 Å². The van der Waals surface area contributed by atoms with Crippen LogP contribution in [0.4, 0.5) is 10.1 Å². The van der Waals surface area contributed by atoms with Crippen LogP contribution in [0.15, 0.2) is 18.2 Å². The number of nitrogens with zero attached hydrogens (tertiary/aromatic N) is 1. The van der Waals surface area contributed by atoms with Gasteiger partial charge in [0.15, 0.2) is 0 Å². The van der Waals surface area contributed by atoms with Gasteiger partial charge in [0.05, 0.1) is 17.3 Å². The fourth-order valence-electron chi connectivity index (χ4n) is 1.62. The second-order valence-corrected chi connectivity index (χ2v) is 4.03. The topological polar surface area (TPSA) is 61.8 Å². The van der Waals surface area contributed by atoms with Crippen molar-refractivity contribution in [2.45, 2.75) is 32.2 Å². The van der Waals surface area contributed by atoms with E-state index in [0.717, 1.165) is 19.3 Å². The summed E-state index contributed by atoms with van der Waals surface area (Å²) in [5.41, 5.74) is 6.37. The van der Waals surface area contributed by atoms with Crippen molar-refractivity contribution in [2.24, 2.45) is 5.73 Å². The van der Waals surface area contributed by atoms with Crippen LogP contribution in [0.3, 0.4) is 0 Å². The Hall–Kier alpha value is -1.60. The number of nitrogens with two attached hydrogens (primary N) is 1. The smallest absolute Gasteiger partial charge is 0.147 e. The summed E-state index contributed by atoms with van der Waals surface area (Å²) < 4.78 is 13.6. The molecule has 1 unspecified atom stereocenters. The van der Waals surface area contributed by atoms with Crippen molar-refractivity contribution in [3.63, 3.8) is 0 Å². The molecule has 0 aliphatic heterocycles. The molecule has 1 aromatic rings. The Balaban J connectivity index is 2.69. The Morgan fingerprint density at radius 3 is 2.82 bits per heavy atom. The van der Waals surface area contributed by atoms with Crippen LogP contribution in [0, 0.1) is 17.1 Å². The van der Waals surface area contributed by atoms with Crippen molar-refractivity contribution in [3.05, 3.63) is 29.6 Å². The molecule has 1 rings (SSSR count). The van der Waals surface area contributed by atoms with E-state index in [1.807, 2.05) is 6.07 Å². The standard InChI is InChI=1S/C13H18FN3/c1-2-3-4-11(9-16)17-13-6-5-10(8-15)7-12(13)14/h5-7,11,17H,2-4,9,16H2,1H3. The third kappa shape index (κ3) is 4.04. The molecule has 0 bridgehead atoms. The van der Waals surface area contributed by atoms with Crippen LogP contribution in [0.5, 0.6) is 0 Å². The number of hydrogen-bond acceptors (Lipinski definition) is 3. The van der Waals surface area contributed by atoms with Crippen LogP contribution in [-0.4, -0.2) is 12.6 Å². The number of rotatable bonds is 6. The van der Waals surface area contributed by atoms with Gasteiger partial charge in [-0.2, -0.15) is 5.26 Å². The molecule has 0 saturated heterocycles. The van der Waals surface area contributed by atoms with E-state index in [1.165, 1.54) is 6.07 Å². The number of hydrogen-bond donors (Lipinski definition) is 2. The van der Waals surface area contributed by atoms with Crippen molar-refractivity contribution in [3.8, 4) is 6.07 Å². The largest absolute Gasteiger partial charge is 0.379 e. The first kappa shape index (κ1) is 13.5. The monoisotopic (exact) mass is 235 g/mol. The molecule has 1 atom stereocenters. The first-order chi connectivity index (χ1) is 8.21. The Morgan fingerprint density at radius 1 is 1.53 bits per heavy atom. The molecule has 0 heterocycles. The van der Waals surface area contributed by atoms with Gasteiger partial charge in [0.2, 0.25) is 0 Å². The average molecular weight is 235 g/mol. The SMILES string of the molecule is CCCCC(CN)Nc1ccc(C#N)cc1F. The Morgan fingerprint density at radius 2 is 2.29 bits per heavy atom. The molecular formula is C13H18FN3. The maximum Gasteiger partial charge on any atom is 0.147 e. The Bertz CT molecular complexity index is 398. The van der Waals surface area contributed by atoms with Gasteiger partial charge in [0.25, 0.3) is 0 Å². The van der Waals surface area contributed by atoms with Crippen LogP contribution in [-0.2, 0) is 0 Å². The van der Waals surface area contributed by atoms with Crippen molar-refractivity contribution in [1.82, 2.24) is 0 Å². The first-order valence-electron chi connectivity index (χ1n) is 5.87. The highest BCUT2D eigenvalue weighted by Gasteiger charge is 2.09. The second kappa shape index (κ2) is 6.87. The number of halogens is 1. The van der Waals surface area contributed by atoms with Gasteiger partial charge in [-0.3, -0.25) is 0 Å². The molecule has 0 aromatic heterocycles. The quantitative estimate of drug-likeness (QED) is 0.796. The zero-order chi connectivity index (χ0) is 12.7. The lowest BCUT2D eigenvalue weighted by molar-refractivity contribution is 0.596. The van der Waals surface area contributed by atoms with Crippen LogP contribution in [0.2, 0.25) is 0 Å². The summed E-state index contributed by atoms with van der Waals surface area (Å²) in [6.07, 6.45) is 3.08. The van der Waals surface area contributed by atoms with Gasteiger partial charge in [-0.1, -0.05) is 19.8 Å². The Kier molecular flexibility index (Phi) is 5.44. The van der Waals surface area contributed by atoms with Crippen molar-refractivity contribution in [2.75, 3.05) is 11.9 Å². The van der Waals surface area contributed by atoms with E-state index in [2.05, 4.69) is 12.2 Å². The molecule has 0 spiro atoms. The lowest BCUT2D eigenvalue weighted by Gasteiger charge is -2.18. The van der Waals surface area contributed by atoms with E-state index in [0.29, 0.717) is 17.8 Å². The first-order valence-corrected chi connectivity index (χ1v) is 5.87. The number of nitriles is 1. The van der Waals surface area contributed by atoms with Crippen LogP contribution in [0.25, 0.3) is 0 Å². The van der Waals surface area contributed by atoms with E-state index in [-0.39, 0.29) is 6.04 Å². The van der Waals surface area contributed by atoms with Gasteiger partial charge in [0.1, 0.15) is 5.82 Å². The molecule has 3 nitrogen and oxygen atoms in total. The third-order valence-electron chi connectivity index (χ3n) is 2.65. The molecule has 0 aliphatic carbocycles. The number of unbranched alkanes of at least 4 members (excludes halogenated alkanes) is 1. The summed E-state index contributed by atoms with van der Waals surface area (Å²) in [6.45, 7) is 2.58. The summed E-state index contributed by atoms with van der Waals surface area (Å²) in [7, 11) is 0. The molecule has 17 heavy (non-hydrogen) atoms. The highest BCUT2D eigenvalue weighted by atomic mass is 19.1. The summed E-state index contributed by atoms with van der Waals surface area (Å²) in [6, 6.07) is 6.40. The van der Waals surface area contributed by atoms with Gasteiger partial charge in [0, 0.05) is 12.6 Å². The molecule has 3 N–H and O–H groups in total. The highest BCUT2D eigenvalue weighted by Crippen LogP contribution is 2.17. The van der Waals surface area contributed by atoms with E-state index in [4.69, 9.17) is 11.0 Å². The maximum absolute atomic E-state index is 13.6. The maximum atomic E-state index is 13.6. The number of benzene rings is 1. The van der Waals surface area contributed by atoms with Crippen LogP contribution < -0.4 is 11.1 Å². The molecule has 0 saturated carbocycles. The molecule has 1 aromatic carbocycles. The summed E-state index contributed by atoms with van der Waals surface area (Å²) in [5, 5.41) is 11.7. The molecule has 0 amide bonds. The minimum atomic E-state index is -0.404. The fourth-order valence-corrected chi connectivity index (χ4v) is 1.62. The average Bonchev–Trinajstić information content (AvgIpc) is 2.36.